The van der Waals surface area contributed by atoms with Crippen LogP contribution in [0, 0.1) is 31.5 Å². The number of pyridine rings is 2. The van der Waals surface area contributed by atoms with Gasteiger partial charge in [0.1, 0.15) is 17.2 Å². The highest BCUT2D eigenvalue weighted by Crippen LogP contribution is 2.63. The van der Waals surface area contributed by atoms with Gasteiger partial charge < -0.3 is 10.6 Å². The summed E-state index contributed by atoms with van der Waals surface area (Å²) in [5.41, 5.74) is 12.6. The number of benzene rings is 1. The van der Waals surface area contributed by atoms with Gasteiger partial charge in [0, 0.05) is 49.1 Å². The molecule has 4 aromatic rings. The number of aromatic nitrogens is 4. The number of hydrogen-bond donors (Lipinski definition) is 1. The third-order valence-corrected chi connectivity index (χ3v) is 8.25. The molecule has 6 nitrogen and oxygen atoms in total. The van der Waals surface area contributed by atoms with Crippen LogP contribution >= 0.6 is 0 Å². The number of piperidine rings is 1. The fourth-order valence-corrected chi connectivity index (χ4v) is 6.10. The van der Waals surface area contributed by atoms with Crippen LogP contribution in [0.25, 0.3) is 11.2 Å². The summed E-state index contributed by atoms with van der Waals surface area (Å²) >= 11 is 0. The van der Waals surface area contributed by atoms with Crippen LogP contribution in [0.5, 0.6) is 0 Å². The summed E-state index contributed by atoms with van der Waals surface area (Å²) in [4.78, 5) is 20.9. The first-order valence-corrected chi connectivity index (χ1v) is 12.2. The molecule has 2 aliphatic rings. The molecule has 1 aliphatic heterocycles. The SMILES string of the molecule is Cc1nccc(Cc2ccc3nc(N4CCC5C(C4)[C@@]5(CN)c4ccccc4F)cnc3n2)c1C. The molecule has 0 spiro atoms. The highest BCUT2D eigenvalue weighted by Gasteiger charge is 2.66. The van der Waals surface area contributed by atoms with Crippen LogP contribution in [0.3, 0.4) is 0 Å². The van der Waals surface area contributed by atoms with Gasteiger partial charge in [0.15, 0.2) is 5.65 Å². The van der Waals surface area contributed by atoms with Gasteiger partial charge in [-0.2, -0.15) is 0 Å². The Morgan fingerprint density at radius 1 is 1.06 bits per heavy atom. The van der Waals surface area contributed by atoms with Gasteiger partial charge in [-0.3, -0.25) is 4.98 Å². The van der Waals surface area contributed by atoms with E-state index in [-0.39, 0.29) is 11.2 Å². The fraction of sp³-hybridized carbons (Fsp3) is 0.357. The molecule has 3 aromatic heterocycles. The van der Waals surface area contributed by atoms with Crippen molar-refractivity contribution in [2.45, 2.75) is 32.1 Å². The number of nitrogens with zero attached hydrogens (tertiary/aromatic N) is 5. The molecule has 1 aliphatic carbocycles. The molecule has 0 radical (unpaired) electrons. The minimum Gasteiger partial charge on any atom is -0.355 e. The quantitative estimate of drug-likeness (QED) is 0.475. The summed E-state index contributed by atoms with van der Waals surface area (Å²) in [6.45, 7) is 6.26. The Morgan fingerprint density at radius 2 is 1.91 bits per heavy atom. The lowest BCUT2D eigenvalue weighted by Gasteiger charge is -2.27. The first kappa shape index (κ1) is 22.0. The molecule has 1 saturated carbocycles. The van der Waals surface area contributed by atoms with E-state index in [4.69, 9.17) is 15.7 Å². The number of nitrogens with two attached hydrogens (primary N) is 1. The fourth-order valence-electron chi connectivity index (χ4n) is 6.10. The van der Waals surface area contributed by atoms with E-state index in [0.717, 1.165) is 54.2 Å². The van der Waals surface area contributed by atoms with Crippen molar-refractivity contribution in [3.8, 4) is 0 Å². The minimum atomic E-state index is -0.274. The summed E-state index contributed by atoms with van der Waals surface area (Å²) in [6, 6.07) is 13.2. The largest absolute Gasteiger partial charge is 0.355 e. The second kappa shape index (κ2) is 8.34. The topological polar surface area (TPSA) is 80.8 Å². The molecule has 2 N–H and O–H groups in total. The maximum atomic E-state index is 14.7. The molecule has 7 heteroatoms. The van der Waals surface area contributed by atoms with Crippen molar-refractivity contribution in [1.29, 1.82) is 0 Å². The van der Waals surface area contributed by atoms with E-state index in [1.807, 2.05) is 49.6 Å². The lowest BCUT2D eigenvalue weighted by Crippen LogP contribution is -2.32. The lowest BCUT2D eigenvalue weighted by molar-refractivity contribution is 0.533. The van der Waals surface area contributed by atoms with Gasteiger partial charge in [-0.1, -0.05) is 18.2 Å². The van der Waals surface area contributed by atoms with Crippen LogP contribution in [0.2, 0.25) is 0 Å². The van der Waals surface area contributed by atoms with Crippen LogP contribution < -0.4 is 10.6 Å². The Kier molecular flexibility index (Phi) is 5.25. The monoisotopic (exact) mass is 468 g/mol. The summed E-state index contributed by atoms with van der Waals surface area (Å²) in [5, 5.41) is 0. The molecular formula is C28H29FN6. The van der Waals surface area contributed by atoms with E-state index < -0.39 is 0 Å². The van der Waals surface area contributed by atoms with Crippen molar-refractivity contribution < 1.29 is 4.39 Å². The predicted octanol–water partition coefficient (Wildman–Crippen LogP) is 4.12. The van der Waals surface area contributed by atoms with Gasteiger partial charge in [-0.25, -0.2) is 19.3 Å². The van der Waals surface area contributed by atoms with Crippen molar-refractivity contribution in [2.75, 3.05) is 24.5 Å². The minimum absolute atomic E-state index is 0.150. The lowest BCUT2D eigenvalue weighted by atomic mass is 9.91. The zero-order valence-electron chi connectivity index (χ0n) is 20.1. The number of anilines is 1. The van der Waals surface area contributed by atoms with Crippen molar-refractivity contribution >= 4 is 17.0 Å². The van der Waals surface area contributed by atoms with Crippen LogP contribution in [-0.4, -0.2) is 39.6 Å². The van der Waals surface area contributed by atoms with E-state index in [0.29, 0.717) is 24.0 Å². The number of halogens is 1. The Hall–Kier alpha value is -3.45. The smallest absolute Gasteiger partial charge is 0.178 e. The highest BCUT2D eigenvalue weighted by molar-refractivity contribution is 5.71. The molecule has 0 bridgehead atoms. The van der Waals surface area contributed by atoms with Gasteiger partial charge in [-0.15, -0.1) is 0 Å². The maximum absolute atomic E-state index is 14.7. The molecule has 1 aromatic carbocycles. The standard InChI is InChI=1S/C28H29FN6/c1-17-18(2)31-11-9-19(17)13-20-7-8-25-27(33-20)32-14-26(34-25)35-12-10-21-23(15-35)28(21,16-30)22-5-3-4-6-24(22)29/h3-9,11,14,21,23H,10,12-13,15-16,30H2,1-2H3/t21?,23?,28-/m1/s1. The predicted molar refractivity (Wildman–Crippen MR) is 135 cm³/mol. The van der Waals surface area contributed by atoms with E-state index in [2.05, 4.69) is 21.8 Å². The Morgan fingerprint density at radius 3 is 2.74 bits per heavy atom. The third-order valence-electron chi connectivity index (χ3n) is 8.25. The molecule has 6 rings (SSSR count). The van der Waals surface area contributed by atoms with Gasteiger partial charge in [0.05, 0.1) is 6.20 Å². The molecule has 4 heterocycles. The summed E-state index contributed by atoms with van der Waals surface area (Å²) in [7, 11) is 0. The highest BCUT2D eigenvalue weighted by atomic mass is 19.1. The molecule has 1 saturated heterocycles. The molecular weight excluding hydrogens is 439 g/mol. The van der Waals surface area contributed by atoms with Crippen molar-refractivity contribution in [3.05, 3.63) is 88.8 Å². The van der Waals surface area contributed by atoms with Crippen LogP contribution in [0.15, 0.2) is 54.9 Å². The molecule has 178 valence electrons. The number of hydrogen-bond acceptors (Lipinski definition) is 6. The van der Waals surface area contributed by atoms with E-state index in [1.54, 1.807) is 12.1 Å². The first-order chi connectivity index (χ1) is 17.0. The van der Waals surface area contributed by atoms with Crippen molar-refractivity contribution in [2.24, 2.45) is 17.6 Å². The zero-order valence-corrected chi connectivity index (χ0v) is 20.1. The normalized spacial score (nSPS) is 23.4. The van der Waals surface area contributed by atoms with Crippen LogP contribution in [0.4, 0.5) is 10.2 Å². The molecule has 0 amide bonds. The van der Waals surface area contributed by atoms with E-state index >= 15 is 0 Å². The Balaban J connectivity index is 1.23. The second-order valence-corrected chi connectivity index (χ2v) is 9.90. The third kappa shape index (κ3) is 3.57. The maximum Gasteiger partial charge on any atom is 0.178 e. The number of aryl methyl sites for hydroxylation is 1. The number of rotatable bonds is 5. The van der Waals surface area contributed by atoms with Crippen molar-refractivity contribution in [1.82, 2.24) is 19.9 Å². The summed E-state index contributed by atoms with van der Waals surface area (Å²) in [6.07, 6.45) is 5.37. The molecule has 2 fully saturated rings. The summed E-state index contributed by atoms with van der Waals surface area (Å²) in [5.74, 6) is 1.43. The van der Waals surface area contributed by atoms with Crippen LogP contribution in [-0.2, 0) is 11.8 Å². The Bertz CT molecular complexity index is 1420. The van der Waals surface area contributed by atoms with E-state index in [9.17, 15) is 4.39 Å². The average Bonchev–Trinajstić information content (AvgIpc) is 3.54. The van der Waals surface area contributed by atoms with Crippen molar-refractivity contribution in [3.63, 3.8) is 0 Å². The van der Waals surface area contributed by atoms with Gasteiger partial charge in [0.25, 0.3) is 0 Å². The molecule has 2 unspecified atom stereocenters. The van der Waals surface area contributed by atoms with Gasteiger partial charge >= 0.3 is 0 Å². The Labute approximate surface area is 204 Å². The van der Waals surface area contributed by atoms with Gasteiger partial charge in [0.2, 0.25) is 0 Å². The molecule has 3 atom stereocenters. The summed E-state index contributed by atoms with van der Waals surface area (Å²) < 4.78 is 14.7. The second-order valence-electron chi connectivity index (χ2n) is 9.90. The molecule has 35 heavy (non-hydrogen) atoms. The van der Waals surface area contributed by atoms with E-state index in [1.165, 1.54) is 11.1 Å². The number of fused-ring (bicyclic) bond motifs is 2. The van der Waals surface area contributed by atoms with Crippen LogP contribution in [0.1, 0.15) is 34.5 Å². The average molecular weight is 469 g/mol. The first-order valence-electron chi connectivity index (χ1n) is 12.2. The van der Waals surface area contributed by atoms with Gasteiger partial charge in [-0.05, 0) is 73.1 Å². The zero-order chi connectivity index (χ0) is 24.2.